The highest BCUT2D eigenvalue weighted by Gasteiger charge is 2.37. The van der Waals surface area contributed by atoms with Gasteiger partial charge in [-0.2, -0.15) is 0 Å². The van der Waals surface area contributed by atoms with Crippen LogP contribution in [0.4, 0.5) is 4.79 Å². The second-order valence-corrected chi connectivity index (χ2v) is 6.92. The molecule has 0 aromatic heterocycles. The molecule has 4 rings (SSSR count). The van der Waals surface area contributed by atoms with E-state index >= 15 is 0 Å². The third kappa shape index (κ3) is 3.96. The fraction of sp³-hybridized carbons (Fsp3) is 0.167. The minimum absolute atomic E-state index is 0.176. The van der Waals surface area contributed by atoms with Crippen LogP contribution < -0.4 is 0 Å². The van der Waals surface area contributed by atoms with E-state index in [4.69, 9.17) is 4.74 Å². The maximum atomic E-state index is 12.8. The van der Waals surface area contributed by atoms with Crippen LogP contribution in [0.1, 0.15) is 11.1 Å². The van der Waals surface area contributed by atoms with E-state index in [0.717, 1.165) is 22.3 Å². The van der Waals surface area contributed by atoms with E-state index in [1.165, 1.54) is 4.90 Å². The molecule has 1 heterocycles. The number of imide groups is 1. The first kappa shape index (κ1) is 18.0. The molecule has 0 bridgehead atoms. The lowest BCUT2D eigenvalue weighted by Gasteiger charge is -2.19. The molecule has 4 heteroatoms. The number of benzene rings is 3. The molecular formula is C24H21NO3. The first-order valence-electron chi connectivity index (χ1n) is 9.38. The van der Waals surface area contributed by atoms with E-state index in [9.17, 15) is 9.59 Å². The van der Waals surface area contributed by atoms with Crippen LogP contribution in [-0.4, -0.2) is 29.5 Å². The van der Waals surface area contributed by atoms with Crippen molar-refractivity contribution in [1.82, 2.24) is 4.90 Å². The fourth-order valence-corrected chi connectivity index (χ4v) is 3.51. The predicted octanol–water partition coefficient (Wildman–Crippen LogP) is 4.49. The molecule has 1 aliphatic rings. The van der Waals surface area contributed by atoms with Crippen molar-refractivity contribution in [3.05, 3.63) is 96.1 Å². The van der Waals surface area contributed by atoms with Crippen molar-refractivity contribution >= 4 is 12.0 Å². The minimum Gasteiger partial charge on any atom is -0.447 e. The van der Waals surface area contributed by atoms with Crippen molar-refractivity contribution in [2.45, 2.75) is 18.9 Å². The normalized spacial score (nSPS) is 16.1. The smallest absolute Gasteiger partial charge is 0.416 e. The summed E-state index contributed by atoms with van der Waals surface area (Å²) in [5.41, 5.74) is 4.18. The molecule has 1 atom stereocenters. The lowest BCUT2D eigenvalue weighted by Crippen LogP contribution is -2.41. The van der Waals surface area contributed by atoms with Crippen LogP contribution in [0.15, 0.2) is 84.9 Å². The lowest BCUT2D eigenvalue weighted by atomic mass is 10.0. The quantitative estimate of drug-likeness (QED) is 0.664. The maximum absolute atomic E-state index is 12.8. The maximum Gasteiger partial charge on any atom is 0.416 e. The molecule has 0 unspecified atom stereocenters. The van der Waals surface area contributed by atoms with Crippen LogP contribution in [0, 0.1) is 0 Å². The molecule has 0 N–H and O–H groups in total. The van der Waals surface area contributed by atoms with Crippen LogP contribution in [0.3, 0.4) is 0 Å². The van der Waals surface area contributed by atoms with Crippen molar-refractivity contribution in [1.29, 1.82) is 0 Å². The Morgan fingerprint density at radius 2 is 1.43 bits per heavy atom. The summed E-state index contributed by atoms with van der Waals surface area (Å²) in [7, 11) is 0. The third-order valence-corrected chi connectivity index (χ3v) is 4.96. The molecule has 3 aromatic carbocycles. The molecule has 28 heavy (non-hydrogen) atoms. The van der Waals surface area contributed by atoms with E-state index in [-0.39, 0.29) is 25.0 Å². The Morgan fingerprint density at radius 1 is 0.821 bits per heavy atom. The summed E-state index contributed by atoms with van der Waals surface area (Å²) in [5.74, 6) is -0.226. The van der Waals surface area contributed by atoms with Gasteiger partial charge in [0.15, 0.2) is 0 Å². The van der Waals surface area contributed by atoms with Gasteiger partial charge in [0, 0.05) is 0 Å². The molecule has 1 saturated heterocycles. The summed E-state index contributed by atoms with van der Waals surface area (Å²) in [6.07, 6.45) is 0.229. The molecule has 1 aliphatic heterocycles. The summed E-state index contributed by atoms with van der Waals surface area (Å²) >= 11 is 0. The largest absolute Gasteiger partial charge is 0.447 e. The standard InChI is InChI=1S/C24H21NO3/c26-23(16-19-11-13-21(14-12-19)20-9-5-2-6-10-20)25-22(17-28-24(25)27)15-18-7-3-1-4-8-18/h1-14,22H,15-17H2/t22-/m0/s1. The number of rotatable bonds is 5. The van der Waals surface area contributed by atoms with Gasteiger partial charge in [-0.25, -0.2) is 9.69 Å². The van der Waals surface area contributed by atoms with Gasteiger partial charge >= 0.3 is 6.09 Å². The van der Waals surface area contributed by atoms with Gasteiger partial charge in [0.05, 0.1) is 12.5 Å². The third-order valence-electron chi connectivity index (χ3n) is 4.96. The highest BCUT2D eigenvalue weighted by Crippen LogP contribution is 2.22. The molecular weight excluding hydrogens is 350 g/mol. The number of nitrogens with zero attached hydrogens (tertiary/aromatic N) is 1. The monoisotopic (exact) mass is 371 g/mol. The molecule has 0 radical (unpaired) electrons. The first-order valence-corrected chi connectivity index (χ1v) is 9.38. The molecule has 3 aromatic rings. The van der Waals surface area contributed by atoms with E-state index in [1.54, 1.807) is 0 Å². The number of hydrogen-bond donors (Lipinski definition) is 0. The summed E-state index contributed by atoms with van der Waals surface area (Å²) in [6, 6.07) is 27.5. The lowest BCUT2D eigenvalue weighted by molar-refractivity contribution is -0.128. The average Bonchev–Trinajstić information content (AvgIpc) is 3.10. The molecule has 0 spiro atoms. The SMILES string of the molecule is O=C(Cc1ccc(-c2ccccc2)cc1)N1C(=O)OC[C@@H]1Cc1ccccc1. The summed E-state index contributed by atoms with van der Waals surface area (Å²) in [6.45, 7) is 0.242. The van der Waals surface area contributed by atoms with E-state index < -0.39 is 6.09 Å². The van der Waals surface area contributed by atoms with Crippen molar-refractivity contribution in [3.63, 3.8) is 0 Å². The zero-order valence-corrected chi connectivity index (χ0v) is 15.5. The summed E-state index contributed by atoms with van der Waals surface area (Å²) in [4.78, 5) is 26.2. The van der Waals surface area contributed by atoms with Crippen molar-refractivity contribution in [2.75, 3.05) is 6.61 Å². The number of amides is 2. The van der Waals surface area contributed by atoms with Crippen molar-refractivity contribution in [2.24, 2.45) is 0 Å². The highest BCUT2D eigenvalue weighted by atomic mass is 16.6. The van der Waals surface area contributed by atoms with Gasteiger partial charge < -0.3 is 4.74 Å². The van der Waals surface area contributed by atoms with Crippen molar-refractivity contribution in [3.8, 4) is 11.1 Å². The van der Waals surface area contributed by atoms with Crippen LogP contribution in [-0.2, 0) is 22.4 Å². The Balaban J connectivity index is 1.45. The number of carbonyl (C=O) groups is 2. The van der Waals surface area contributed by atoms with Crippen LogP contribution >= 0.6 is 0 Å². The topological polar surface area (TPSA) is 46.6 Å². The summed E-state index contributed by atoms with van der Waals surface area (Å²) < 4.78 is 5.15. The molecule has 140 valence electrons. The Hall–Kier alpha value is -3.40. The second kappa shape index (κ2) is 8.09. The minimum atomic E-state index is -0.549. The number of hydrogen-bond acceptors (Lipinski definition) is 3. The Kier molecular flexibility index (Phi) is 5.20. The number of carbonyl (C=O) groups excluding carboxylic acids is 2. The number of cyclic esters (lactones) is 1. The van der Waals surface area contributed by atoms with Gasteiger partial charge in [-0.05, 0) is 28.7 Å². The average molecular weight is 371 g/mol. The van der Waals surface area contributed by atoms with Crippen LogP contribution in [0.5, 0.6) is 0 Å². The summed E-state index contributed by atoms with van der Waals surface area (Å²) in [5, 5.41) is 0. The van der Waals surface area contributed by atoms with E-state index in [2.05, 4.69) is 12.1 Å². The predicted molar refractivity (Wildman–Crippen MR) is 108 cm³/mol. The molecule has 0 aliphatic carbocycles. The Bertz CT molecular complexity index is 952. The van der Waals surface area contributed by atoms with Crippen LogP contribution in [0.25, 0.3) is 11.1 Å². The Morgan fingerprint density at radius 3 is 2.11 bits per heavy atom. The van der Waals surface area contributed by atoms with E-state index in [0.29, 0.717) is 6.42 Å². The van der Waals surface area contributed by atoms with Gasteiger partial charge in [0.1, 0.15) is 6.61 Å². The highest BCUT2D eigenvalue weighted by molar-refractivity contribution is 5.94. The molecule has 4 nitrogen and oxygen atoms in total. The molecule has 1 fully saturated rings. The van der Waals surface area contributed by atoms with Gasteiger partial charge in [0.25, 0.3) is 0 Å². The molecule has 0 saturated carbocycles. The number of ether oxygens (including phenoxy) is 1. The zero-order chi connectivity index (χ0) is 19.3. The first-order chi connectivity index (χ1) is 13.7. The van der Waals surface area contributed by atoms with Crippen molar-refractivity contribution < 1.29 is 14.3 Å². The Labute approximate surface area is 164 Å². The van der Waals surface area contributed by atoms with Gasteiger partial charge in [-0.1, -0.05) is 84.9 Å². The van der Waals surface area contributed by atoms with Crippen LogP contribution in [0.2, 0.25) is 0 Å². The molecule has 2 amide bonds. The van der Waals surface area contributed by atoms with Gasteiger partial charge in [0.2, 0.25) is 5.91 Å². The fourth-order valence-electron chi connectivity index (χ4n) is 3.51. The van der Waals surface area contributed by atoms with Gasteiger partial charge in [-0.15, -0.1) is 0 Å². The van der Waals surface area contributed by atoms with E-state index in [1.807, 2.05) is 72.8 Å². The second-order valence-electron chi connectivity index (χ2n) is 6.92. The zero-order valence-electron chi connectivity index (χ0n) is 15.5. The van der Waals surface area contributed by atoms with Gasteiger partial charge in [-0.3, -0.25) is 4.79 Å².